The van der Waals surface area contributed by atoms with Gasteiger partial charge < -0.3 is 27.0 Å². The van der Waals surface area contributed by atoms with Gasteiger partial charge in [0.05, 0.1) is 0 Å². The Morgan fingerprint density at radius 1 is 0.857 bits per heavy atom. The van der Waals surface area contributed by atoms with Crippen LogP contribution in [-0.4, -0.2) is 0 Å². The Balaban J connectivity index is -0.00000000333. The second-order valence-electron chi connectivity index (χ2n) is 0.0680. The van der Waals surface area contributed by atoms with Gasteiger partial charge in [-0.15, -0.1) is 0 Å². The van der Waals surface area contributed by atoms with E-state index >= 15 is 0 Å². The van der Waals surface area contributed by atoms with Gasteiger partial charge in [-0.05, 0) is 0 Å². The first-order valence-corrected chi connectivity index (χ1v) is 5.92. The molecule has 0 spiro atoms. The van der Waals surface area contributed by atoms with E-state index in [1.54, 1.807) is 0 Å². The van der Waals surface area contributed by atoms with E-state index in [4.69, 9.17) is 0 Å². The molecule has 0 radical (unpaired) electrons. The average molecular weight is 272 g/mol. The van der Waals surface area contributed by atoms with Gasteiger partial charge in [-0.2, -0.15) is 0 Å². The molecule has 0 aromatic heterocycles. The molecule has 0 heterocycles. The van der Waals surface area contributed by atoms with Crippen LogP contribution in [0.2, 0.25) is 0 Å². The maximum atomic E-state index is 4.34. The van der Waals surface area contributed by atoms with Gasteiger partial charge in [0.25, 0.3) is 0 Å². The summed E-state index contributed by atoms with van der Waals surface area (Å²) < 4.78 is 0. The first-order chi connectivity index (χ1) is 1.41. The summed E-state index contributed by atoms with van der Waals surface area (Å²) in [6.07, 6.45) is 0. The van der Waals surface area contributed by atoms with E-state index < -0.39 is 0 Å². The SMILES string of the molecule is [Na+].[Na+].[SH-].[SH-].[S]=[Mo]=[S]. The van der Waals surface area contributed by atoms with Crippen LogP contribution in [0.4, 0.5) is 0 Å². The van der Waals surface area contributed by atoms with Crippen molar-refractivity contribution in [3.63, 3.8) is 0 Å². The van der Waals surface area contributed by atoms with Crippen molar-refractivity contribution in [1.82, 2.24) is 0 Å². The quantitative estimate of drug-likeness (QED) is 0.245. The van der Waals surface area contributed by atoms with Gasteiger partial charge >= 0.3 is 93.7 Å². The molecule has 0 saturated heterocycles. The molecular formula is H2MoNa2S4. The molecule has 7 heavy (non-hydrogen) atoms. The summed E-state index contributed by atoms with van der Waals surface area (Å²) in [5.74, 6) is 0. The Morgan fingerprint density at radius 2 is 0.857 bits per heavy atom. The Kier molecular flexibility index (Phi) is 145. The number of thiol groups is 2. The molecular weight excluding hydrogens is 270 g/mol. The van der Waals surface area contributed by atoms with Crippen LogP contribution < -0.4 is 59.1 Å². The molecule has 0 atom stereocenters. The van der Waals surface area contributed by atoms with Crippen molar-refractivity contribution >= 4 is 46.6 Å². The number of hydrogen-bond donors (Lipinski definition) is 0. The van der Waals surface area contributed by atoms with Crippen LogP contribution in [0.25, 0.3) is 0 Å². The third kappa shape index (κ3) is 41.1. The summed E-state index contributed by atoms with van der Waals surface area (Å²) in [6.45, 7) is 0. The van der Waals surface area contributed by atoms with Crippen LogP contribution in [0.3, 0.4) is 0 Å². The fourth-order valence-corrected chi connectivity index (χ4v) is 0. The normalized spacial score (nSPS) is 1.71. The van der Waals surface area contributed by atoms with Crippen molar-refractivity contribution in [1.29, 1.82) is 0 Å². The molecule has 0 aromatic carbocycles. The molecule has 0 rings (SSSR count). The first-order valence-electron chi connectivity index (χ1n) is 0.333. The van der Waals surface area contributed by atoms with Crippen molar-refractivity contribution < 1.29 is 74.0 Å². The van der Waals surface area contributed by atoms with Gasteiger partial charge in [-0.25, -0.2) is 0 Å². The monoisotopic (exact) mass is 274 g/mol. The fraction of sp³-hybridized carbons (Fsp3) is 0. The van der Waals surface area contributed by atoms with E-state index in [1.807, 2.05) is 0 Å². The third-order valence-corrected chi connectivity index (χ3v) is 0. The summed E-state index contributed by atoms with van der Waals surface area (Å²) in [5.41, 5.74) is 0. The van der Waals surface area contributed by atoms with Gasteiger partial charge in [0.15, 0.2) is 0 Å². The Hall–Kier alpha value is 3.83. The van der Waals surface area contributed by atoms with Crippen LogP contribution in [0.15, 0.2) is 0 Å². The van der Waals surface area contributed by atoms with Gasteiger partial charge in [0.2, 0.25) is 0 Å². The Labute approximate surface area is 118 Å². The molecule has 0 bridgehead atoms. The first kappa shape index (κ1) is 30.8. The van der Waals surface area contributed by atoms with Crippen LogP contribution in [0, 0.1) is 0 Å². The molecule has 34 valence electrons. The molecule has 0 saturated carbocycles. The molecule has 7 heteroatoms. The fourth-order valence-electron chi connectivity index (χ4n) is 0. The van der Waals surface area contributed by atoms with Crippen molar-refractivity contribution in [2.75, 3.05) is 0 Å². The topological polar surface area (TPSA) is 0 Å². The zero-order valence-electron chi connectivity index (χ0n) is 4.12. The standard InChI is InChI=1S/Mo.2Na.2H2S.2S/h;;;2*1H2;;/q;2*+1;;;;/p-2. The van der Waals surface area contributed by atoms with E-state index in [9.17, 15) is 0 Å². The second-order valence-corrected chi connectivity index (χ2v) is 3.62. The molecule has 0 aromatic rings. The Bertz CT molecular complexity index is 30.7. The maximum absolute atomic E-state index is 4.34. The van der Waals surface area contributed by atoms with Gasteiger partial charge in [0.1, 0.15) is 0 Å². The summed E-state index contributed by atoms with van der Waals surface area (Å²) in [7, 11) is 8.68. The summed E-state index contributed by atoms with van der Waals surface area (Å²) >= 11 is -0.363. The molecule has 0 nitrogen and oxygen atoms in total. The summed E-state index contributed by atoms with van der Waals surface area (Å²) in [6, 6.07) is 0. The Morgan fingerprint density at radius 3 is 0.857 bits per heavy atom. The zero-order valence-corrected chi connectivity index (χ0v) is 13.5. The van der Waals surface area contributed by atoms with Crippen molar-refractivity contribution in [3.8, 4) is 0 Å². The molecule has 0 amide bonds. The molecule has 0 aliphatic carbocycles. The number of hydrogen-bond acceptors (Lipinski definition) is 4. The van der Waals surface area contributed by atoms with E-state index in [2.05, 4.69) is 19.6 Å². The minimum atomic E-state index is -0.363. The van der Waals surface area contributed by atoms with Crippen LogP contribution >= 0.6 is 19.6 Å². The van der Waals surface area contributed by atoms with E-state index in [0.717, 1.165) is 0 Å². The van der Waals surface area contributed by atoms with Crippen LogP contribution in [0.1, 0.15) is 0 Å². The molecule has 0 fully saturated rings. The second kappa shape index (κ2) is 32.9. The van der Waals surface area contributed by atoms with Gasteiger partial charge in [0, 0.05) is 0 Å². The molecule has 0 N–H and O–H groups in total. The van der Waals surface area contributed by atoms with Gasteiger partial charge in [-0.1, -0.05) is 0 Å². The van der Waals surface area contributed by atoms with Gasteiger partial charge in [-0.3, -0.25) is 0 Å². The average Bonchev–Trinajstić information content (AvgIpc) is 0.918. The van der Waals surface area contributed by atoms with Crippen molar-refractivity contribution in [2.45, 2.75) is 0 Å². The van der Waals surface area contributed by atoms with Crippen LogP contribution in [-0.2, 0) is 41.9 Å². The van der Waals surface area contributed by atoms with E-state index in [-0.39, 0.29) is 101 Å². The molecule has 0 aliphatic rings. The zero-order chi connectivity index (χ0) is 2.71. The van der Waals surface area contributed by atoms with E-state index in [0.29, 0.717) is 0 Å². The van der Waals surface area contributed by atoms with Crippen molar-refractivity contribution in [2.24, 2.45) is 0 Å². The molecule has 0 unspecified atom stereocenters. The summed E-state index contributed by atoms with van der Waals surface area (Å²) in [4.78, 5) is 0. The number of rotatable bonds is 0. The van der Waals surface area contributed by atoms with Crippen molar-refractivity contribution in [3.05, 3.63) is 0 Å². The van der Waals surface area contributed by atoms with E-state index in [1.165, 1.54) is 0 Å². The predicted octanol–water partition coefficient (Wildman–Crippen LogP) is -5.24. The summed E-state index contributed by atoms with van der Waals surface area (Å²) in [5, 5.41) is 0. The minimum absolute atomic E-state index is 0. The molecule has 0 aliphatic heterocycles. The third-order valence-electron chi connectivity index (χ3n) is 0. The van der Waals surface area contributed by atoms with Crippen LogP contribution in [0.5, 0.6) is 0 Å². The predicted molar refractivity (Wildman–Crippen MR) is 32.7 cm³/mol.